The van der Waals surface area contributed by atoms with E-state index in [2.05, 4.69) is 9.46 Å². The molecule has 0 aromatic heterocycles. The van der Waals surface area contributed by atoms with Gasteiger partial charge in [0.15, 0.2) is 0 Å². The second-order valence-corrected chi connectivity index (χ2v) is 5.40. The molecular formula is C11H15FN2O4S. The number of carbonyl (C=O) groups is 1. The van der Waals surface area contributed by atoms with Gasteiger partial charge in [-0.1, -0.05) is 0 Å². The molecule has 8 heteroatoms. The van der Waals surface area contributed by atoms with Crippen molar-refractivity contribution in [1.29, 1.82) is 0 Å². The van der Waals surface area contributed by atoms with Crippen molar-refractivity contribution in [2.75, 3.05) is 18.9 Å². The average Bonchev–Trinajstić information content (AvgIpc) is 2.32. The van der Waals surface area contributed by atoms with Gasteiger partial charge in [0, 0.05) is 6.54 Å². The minimum absolute atomic E-state index is 0.0927. The molecule has 3 N–H and O–H groups in total. The first kappa shape index (κ1) is 15.4. The quantitative estimate of drug-likeness (QED) is 0.591. The van der Waals surface area contributed by atoms with E-state index in [9.17, 15) is 17.6 Å². The third-order valence-corrected chi connectivity index (χ3v) is 3.67. The highest BCUT2D eigenvalue weighted by molar-refractivity contribution is 7.89. The lowest BCUT2D eigenvalue weighted by Crippen LogP contribution is -2.27. The maximum Gasteiger partial charge on any atom is 0.307 e. The van der Waals surface area contributed by atoms with Crippen molar-refractivity contribution < 1.29 is 22.3 Å². The number of esters is 1. The highest BCUT2D eigenvalue weighted by Gasteiger charge is 2.16. The van der Waals surface area contributed by atoms with E-state index in [1.807, 2.05) is 0 Å². The van der Waals surface area contributed by atoms with Crippen molar-refractivity contribution in [3.05, 3.63) is 24.0 Å². The summed E-state index contributed by atoms with van der Waals surface area (Å²) in [5, 5.41) is 0. The van der Waals surface area contributed by atoms with Crippen molar-refractivity contribution in [2.45, 2.75) is 18.2 Å². The topological polar surface area (TPSA) is 98.5 Å². The SMILES string of the molecule is CCOC(=O)CCNS(=O)(=O)c1ccc(N)c(F)c1. The molecule has 0 amide bonds. The van der Waals surface area contributed by atoms with Crippen LogP contribution in [0.4, 0.5) is 10.1 Å². The van der Waals surface area contributed by atoms with E-state index in [-0.39, 0.29) is 30.2 Å². The predicted octanol–water partition coefficient (Wildman–Crippen LogP) is 0.639. The summed E-state index contributed by atoms with van der Waals surface area (Å²) in [6.07, 6.45) is -0.0927. The molecule has 1 aromatic carbocycles. The molecule has 1 rings (SSSR count). The second kappa shape index (κ2) is 6.48. The number of halogens is 1. The predicted molar refractivity (Wildman–Crippen MR) is 67.3 cm³/mol. The van der Waals surface area contributed by atoms with Crippen LogP contribution in [0.2, 0.25) is 0 Å². The van der Waals surface area contributed by atoms with E-state index in [0.29, 0.717) is 0 Å². The van der Waals surface area contributed by atoms with Gasteiger partial charge >= 0.3 is 5.97 Å². The van der Waals surface area contributed by atoms with Crippen LogP contribution in [0.3, 0.4) is 0 Å². The lowest BCUT2D eigenvalue weighted by molar-refractivity contribution is -0.142. The van der Waals surface area contributed by atoms with Crippen molar-refractivity contribution >= 4 is 21.7 Å². The molecule has 0 saturated heterocycles. The van der Waals surface area contributed by atoms with E-state index < -0.39 is 21.8 Å². The van der Waals surface area contributed by atoms with Crippen LogP contribution in [0.25, 0.3) is 0 Å². The summed E-state index contributed by atoms with van der Waals surface area (Å²) < 4.78 is 43.5. The number of anilines is 1. The molecule has 1 aromatic rings. The molecule has 0 aliphatic rings. The molecule has 0 atom stereocenters. The van der Waals surface area contributed by atoms with Crippen LogP contribution in [-0.2, 0) is 19.6 Å². The van der Waals surface area contributed by atoms with Gasteiger partial charge in [0.25, 0.3) is 0 Å². The van der Waals surface area contributed by atoms with Crippen LogP contribution in [0.1, 0.15) is 13.3 Å². The Hall–Kier alpha value is -1.67. The van der Waals surface area contributed by atoms with Gasteiger partial charge in [-0.25, -0.2) is 17.5 Å². The Bertz CT molecular complexity index is 560. The van der Waals surface area contributed by atoms with Crippen LogP contribution in [0.5, 0.6) is 0 Å². The number of hydrogen-bond donors (Lipinski definition) is 2. The fourth-order valence-corrected chi connectivity index (χ4v) is 2.32. The van der Waals surface area contributed by atoms with E-state index in [4.69, 9.17) is 5.73 Å². The van der Waals surface area contributed by atoms with E-state index in [0.717, 1.165) is 12.1 Å². The second-order valence-electron chi connectivity index (χ2n) is 3.64. The van der Waals surface area contributed by atoms with Crippen molar-refractivity contribution in [3.8, 4) is 0 Å². The number of sulfonamides is 1. The molecule has 0 unspecified atom stereocenters. The Morgan fingerprint density at radius 1 is 1.47 bits per heavy atom. The fourth-order valence-electron chi connectivity index (χ4n) is 1.28. The smallest absolute Gasteiger partial charge is 0.307 e. The molecule has 0 bridgehead atoms. The van der Waals surface area contributed by atoms with Crippen LogP contribution in [-0.4, -0.2) is 27.5 Å². The number of nitrogen functional groups attached to an aromatic ring is 1. The number of hydrogen-bond acceptors (Lipinski definition) is 5. The third kappa shape index (κ3) is 4.49. The third-order valence-electron chi connectivity index (χ3n) is 2.21. The molecule has 0 spiro atoms. The molecule has 106 valence electrons. The summed E-state index contributed by atoms with van der Waals surface area (Å²) in [4.78, 5) is 10.8. The van der Waals surface area contributed by atoms with Gasteiger partial charge in [-0.05, 0) is 25.1 Å². The van der Waals surface area contributed by atoms with E-state index >= 15 is 0 Å². The zero-order valence-electron chi connectivity index (χ0n) is 10.3. The summed E-state index contributed by atoms with van der Waals surface area (Å²) in [6.45, 7) is 1.77. The summed E-state index contributed by atoms with van der Waals surface area (Å²) in [5.41, 5.74) is 5.12. The maximum absolute atomic E-state index is 13.2. The zero-order chi connectivity index (χ0) is 14.5. The van der Waals surface area contributed by atoms with Crippen molar-refractivity contribution in [2.24, 2.45) is 0 Å². The van der Waals surface area contributed by atoms with Gasteiger partial charge in [-0.2, -0.15) is 0 Å². The van der Waals surface area contributed by atoms with Crippen LogP contribution in [0.15, 0.2) is 23.1 Å². The maximum atomic E-state index is 13.2. The standard InChI is InChI=1S/C11H15FN2O4S/c1-2-18-11(15)5-6-14-19(16,17)8-3-4-10(13)9(12)7-8/h3-4,7,14H,2,5-6,13H2,1H3. The molecular weight excluding hydrogens is 275 g/mol. The Morgan fingerprint density at radius 2 is 2.16 bits per heavy atom. The first-order chi connectivity index (χ1) is 8.86. The Labute approximate surface area is 110 Å². The molecule has 6 nitrogen and oxygen atoms in total. The summed E-state index contributed by atoms with van der Waals surface area (Å²) >= 11 is 0. The monoisotopic (exact) mass is 290 g/mol. The van der Waals surface area contributed by atoms with Crippen LogP contribution < -0.4 is 10.5 Å². The highest BCUT2D eigenvalue weighted by atomic mass is 32.2. The van der Waals surface area contributed by atoms with Gasteiger partial charge in [0.05, 0.1) is 23.6 Å². The summed E-state index contributed by atoms with van der Waals surface area (Å²) in [5.74, 6) is -1.32. The minimum atomic E-state index is -3.86. The Morgan fingerprint density at radius 3 is 2.74 bits per heavy atom. The van der Waals surface area contributed by atoms with E-state index in [1.54, 1.807) is 6.92 Å². The van der Waals surface area contributed by atoms with Gasteiger partial charge in [-0.15, -0.1) is 0 Å². The fraction of sp³-hybridized carbons (Fsp3) is 0.364. The van der Waals surface area contributed by atoms with Gasteiger partial charge < -0.3 is 10.5 Å². The Balaban J connectivity index is 2.66. The van der Waals surface area contributed by atoms with Crippen molar-refractivity contribution in [3.63, 3.8) is 0 Å². The minimum Gasteiger partial charge on any atom is -0.466 e. The largest absolute Gasteiger partial charge is 0.466 e. The number of ether oxygens (including phenoxy) is 1. The lowest BCUT2D eigenvalue weighted by Gasteiger charge is -2.07. The molecule has 0 radical (unpaired) electrons. The first-order valence-electron chi connectivity index (χ1n) is 5.57. The molecule has 0 saturated carbocycles. The molecule has 19 heavy (non-hydrogen) atoms. The normalized spacial score (nSPS) is 11.3. The number of benzene rings is 1. The molecule has 0 heterocycles. The number of rotatable bonds is 6. The Kier molecular flexibility index (Phi) is 5.25. The highest BCUT2D eigenvalue weighted by Crippen LogP contribution is 2.15. The lowest BCUT2D eigenvalue weighted by atomic mass is 10.3. The van der Waals surface area contributed by atoms with Crippen LogP contribution in [0, 0.1) is 5.82 Å². The number of carbonyl (C=O) groups excluding carboxylic acids is 1. The first-order valence-corrected chi connectivity index (χ1v) is 7.05. The van der Waals surface area contributed by atoms with Gasteiger partial charge in [0.2, 0.25) is 10.0 Å². The summed E-state index contributed by atoms with van der Waals surface area (Å²) in [6, 6.07) is 3.17. The van der Waals surface area contributed by atoms with E-state index in [1.165, 1.54) is 6.07 Å². The number of nitrogens with one attached hydrogen (secondary N) is 1. The summed E-state index contributed by atoms with van der Waals surface area (Å²) in [7, 11) is -3.86. The van der Waals surface area contributed by atoms with Crippen LogP contribution >= 0.6 is 0 Å². The van der Waals surface area contributed by atoms with Crippen molar-refractivity contribution in [1.82, 2.24) is 4.72 Å². The van der Waals surface area contributed by atoms with Gasteiger partial charge in [-0.3, -0.25) is 4.79 Å². The van der Waals surface area contributed by atoms with Gasteiger partial charge in [0.1, 0.15) is 5.82 Å². The molecule has 0 aliphatic carbocycles. The number of nitrogens with two attached hydrogens (primary N) is 1. The average molecular weight is 290 g/mol. The molecule has 0 aliphatic heterocycles. The molecule has 0 fully saturated rings. The zero-order valence-corrected chi connectivity index (χ0v) is 11.2.